The molecule has 0 atom stereocenters. The van der Waals surface area contributed by atoms with Gasteiger partial charge in [0, 0.05) is 13.1 Å². The lowest BCUT2D eigenvalue weighted by Gasteiger charge is -2.27. The third-order valence-electron chi connectivity index (χ3n) is 5.09. The predicted octanol–water partition coefficient (Wildman–Crippen LogP) is 2.34. The first-order valence-electron chi connectivity index (χ1n) is 9.23. The van der Waals surface area contributed by atoms with Crippen molar-refractivity contribution < 1.29 is 8.42 Å². The van der Waals surface area contributed by atoms with Gasteiger partial charge in [-0.05, 0) is 60.6 Å². The number of nitrogens with two attached hydrogens (primary N) is 2. The van der Waals surface area contributed by atoms with E-state index in [4.69, 9.17) is 11.5 Å². The summed E-state index contributed by atoms with van der Waals surface area (Å²) in [6.45, 7) is 7.48. The number of hydrogen-bond acceptors (Lipinski definition) is 3. The van der Waals surface area contributed by atoms with Gasteiger partial charge in [0.15, 0.2) is 5.96 Å². The van der Waals surface area contributed by atoms with Crippen LogP contribution < -0.4 is 16.2 Å². The van der Waals surface area contributed by atoms with Gasteiger partial charge in [0.25, 0.3) is 0 Å². The molecule has 7 heteroatoms. The van der Waals surface area contributed by atoms with E-state index < -0.39 is 10.0 Å². The molecule has 0 spiro atoms. The van der Waals surface area contributed by atoms with E-state index >= 15 is 0 Å². The Labute approximate surface area is 157 Å². The van der Waals surface area contributed by atoms with Crippen molar-refractivity contribution in [3.8, 4) is 0 Å². The molecular formula is C19H32N4O2S. The van der Waals surface area contributed by atoms with Gasteiger partial charge in [-0.3, -0.25) is 4.99 Å². The molecule has 1 fully saturated rings. The monoisotopic (exact) mass is 380 g/mol. The number of hydrogen-bond donors (Lipinski definition) is 3. The first-order valence-corrected chi connectivity index (χ1v) is 10.7. The molecule has 0 unspecified atom stereocenters. The molecule has 6 nitrogen and oxygen atoms in total. The molecule has 5 N–H and O–H groups in total. The van der Waals surface area contributed by atoms with Crippen molar-refractivity contribution in [3.05, 3.63) is 29.8 Å². The molecule has 1 aromatic carbocycles. The Kier molecular flexibility index (Phi) is 6.69. The lowest BCUT2D eigenvalue weighted by atomic mass is 9.82. The summed E-state index contributed by atoms with van der Waals surface area (Å²) in [5, 5.41) is 0. The molecule has 1 aliphatic rings. The molecule has 1 saturated carbocycles. The number of sulfonamides is 1. The molecule has 0 amide bonds. The number of benzene rings is 1. The smallest absolute Gasteiger partial charge is 0.240 e. The Bertz CT molecular complexity index is 709. The molecule has 1 aromatic rings. The third-order valence-corrected chi connectivity index (χ3v) is 6.53. The molecule has 146 valence electrons. The highest BCUT2D eigenvalue weighted by molar-refractivity contribution is 7.89. The molecule has 0 heterocycles. The topological polar surface area (TPSA) is 111 Å². The van der Waals surface area contributed by atoms with Gasteiger partial charge in [0.2, 0.25) is 10.0 Å². The predicted molar refractivity (Wildman–Crippen MR) is 106 cm³/mol. The second-order valence-electron chi connectivity index (χ2n) is 8.28. The van der Waals surface area contributed by atoms with E-state index in [1.165, 1.54) is 0 Å². The van der Waals surface area contributed by atoms with Gasteiger partial charge in [-0.2, -0.15) is 0 Å². The van der Waals surface area contributed by atoms with Gasteiger partial charge in [-0.1, -0.05) is 32.9 Å². The second kappa shape index (κ2) is 8.39. The summed E-state index contributed by atoms with van der Waals surface area (Å²) in [5.41, 5.74) is 11.9. The molecule has 0 radical (unpaired) electrons. The van der Waals surface area contributed by atoms with E-state index in [0.717, 1.165) is 31.2 Å². The summed E-state index contributed by atoms with van der Waals surface area (Å²) in [4.78, 5) is 4.41. The van der Waals surface area contributed by atoms with Crippen LogP contribution in [0, 0.1) is 11.8 Å². The summed E-state index contributed by atoms with van der Waals surface area (Å²) in [6, 6.07) is 7.16. The maximum Gasteiger partial charge on any atom is 0.240 e. The Balaban J connectivity index is 1.86. The molecule has 0 aliphatic heterocycles. The Hall–Kier alpha value is -1.60. The van der Waals surface area contributed by atoms with Gasteiger partial charge in [0.05, 0.1) is 4.90 Å². The van der Waals surface area contributed by atoms with Crippen LogP contribution in [-0.2, 0) is 15.4 Å². The number of nitrogens with one attached hydrogen (secondary N) is 1. The highest BCUT2D eigenvalue weighted by atomic mass is 32.2. The number of guanidine groups is 1. The van der Waals surface area contributed by atoms with Crippen molar-refractivity contribution in [1.29, 1.82) is 0 Å². The van der Waals surface area contributed by atoms with E-state index in [-0.39, 0.29) is 11.4 Å². The number of aliphatic imine (C=N–C) groups is 1. The molecule has 26 heavy (non-hydrogen) atoms. The number of nitrogens with zero attached hydrogens (tertiary/aromatic N) is 1. The fraction of sp³-hybridized carbons (Fsp3) is 0.632. The van der Waals surface area contributed by atoms with Crippen LogP contribution in [-0.4, -0.2) is 27.5 Å². The Morgan fingerprint density at radius 2 is 1.62 bits per heavy atom. The van der Waals surface area contributed by atoms with E-state index in [1.54, 1.807) is 12.1 Å². The van der Waals surface area contributed by atoms with Crippen molar-refractivity contribution in [2.75, 3.05) is 13.1 Å². The minimum atomic E-state index is -3.46. The van der Waals surface area contributed by atoms with Gasteiger partial charge in [-0.15, -0.1) is 0 Å². The standard InChI is InChI=1S/C19H32N4O2S/c1-19(2,3)16-8-10-17(11-9-16)26(24,25)23-13-15-6-4-14(5-7-15)12-22-18(20)21/h8-11,14-15,23H,4-7,12-13H2,1-3H3,(H4,20,21,22). The second-order valence-corrected chi connectivity index (χ2v) is 10.0. The van der Waals surface area contributed by atoms with Crippen LogP contribution in [0.5, 0.6) is 0 Å². The average molecular weight is 381 g/mol. The lowest BCUT2D eigenvalue weighted by molar-refractivity contribution is 0.280. The SMILES string of the molecule is CC(C)(C)c1ccc(S(=O)(=O)NCC2CCC(CN=C(N)N)CC2)cc1. The van der Waals surface area contributed by atoms with Crippen LogP contribution in [0.4, 0.5) is 0 Å². The van der Waals surface area contributed by atoms with E-state index in [1.807, 2.05) is 12.1 Å². The van der Waals surface area contributed by atoms with E-state index in [9.17, 15) is 8.42 Å². The van der Waals surface area contributed by atoms with E-state index in [0.29, 0.717) is 29.8 Å². The first-order chi connectivity index (χ1) is 12.1. The van der Waals surface area contributed by atoms with E-state index in [2.05, 4.69) is 30.5 Å². The zero-order chi connectivity index (χ0) is 19.4. The zero-order valence-corrected chi connectivity index (χ0v) is 16.8. The minimum absolute atomic E-state index is 0.00692. The summed E-state index contributed by atoms with van der Waals surface area (Å²) in [6.07, 6.45) is 4.05. The zero-order valence-electron chi connectivity index (χ0n) is 16.0. The summed E-state index contributed by atoms with van der Waals surface area (Å²) in [5.74, 6) is 1.00. The fourth-order valence-corrected chi connectivity index (χ4v) is 4.41. The Morgan fingerprint density at radius 3 is 2.12 bits per heavy atom. The number of rotatable bonds is 6. The summed E-state index contributed by atoms with van der Waals surface area (Å²) in [7, 11) is -3.46. The summed E-state index contributed by atoms with van der Waals surface area (Å²) < 4.78 is 27.8. The molecule has 2 rings (SSSR count). The van der Waals surface area contributed by atoms with Crippen LogP contribution >= 0.6 is 0 Å². The largest absolute Gasteiger partial charge is 0.370 e. The van der Waals surface area contributed by atoms with Crippen LogP contribution in [0.15, 0.2) is 34.2 Å². The first kappa shape index (κ1) is 20.7. The van der Waals surface area contributed by atoms with Crippen LogP contribution in [0.25, 0.3) is 0 Å². The molecule has 0 aromatic heterocycles. The van der Waals surface area contributed by atoms with Gasteiger partial charge in [-0.25, -0.2) is 13.1 Å². The highest BCUT2D eigenvalue weighted by Gasteiger charge is 2.23. The van der Waals surface area contributed by atoms with Crippen LogP contribution in [0.3, 0.4) is 0 Å². The normalized spacial score (nSPS) is 21.3. The quantitative estimate of drug-likeness (QED) is 0.519. The average Bonchev–Trinajstić information content (AvgIpc) is 2.58. The fourth-order valence-electron chi connectivity index (χ4n) is 3.30. The van der Waals surface area contributed by atoms with Crippen LogP contribution in [0.2, 0.25) is 0 Å². The maximum atomic E-state index is 12.5. The third kappa shape index (κ3) is 5.99. The van der Waals surface area contributed by atoms with Gasteiger partial charge < -0.3 is 11.5 Å². The molecule has 0 bridgehead atoms. The van der Waals surface area contributed by atoms with Crippen molar-refractivity contribution in [2.24, 2.45) is 28.3 Å². The lowest BCUT2D eigenvalue weighted by Crippen LogP contribution is -2.32. The molecule has 1 aliphatic carbocycles. The van der Waals surface area contributed by atoms with Crippen molar-refractivity contribution >= 4 is 16.0 Å². The Morgan fingerprint density at radius 1 is 1.08 bits per heavy atom. The van der Waals surface area contributed by atoms with Gasteiger partial charge in [0.1, 0.15) is 0 Å². The molecule has 0 saturated heterocycles. The highest BCUT2D eigenvalue weighted by Crippen LogP contribution is 2.29. The summed E-state index contributed by atoms with van der Waals surface area (Å²) >= 11 is 0. The van der Waals surface area contributed by atoms with Crippen molar-refractivity contribution in [2.45, 2.75) is 56.8 Å². The minimum Gasteiger partial charge on any atom is -0.370 e. The van der Waals surface area contributed by atoms with Crippen molar-refractivity contribution in [1.82, 2.24) is 4.72 Å². The van der Waals surface area contributed by atoms with Crippen molar-refractivity contribution in [3.63, 3.8) is 0 Å². The maximum absolute atomic E-state index is 12.5. The van der Waals surface area contributed by atoms with Crippen LogP contribution in [0.1, 0.15) is 52.0 Å². The molecular weight excluding hydrogens is 348 g/mol. The van der Waals surface area contributed by atoms with Gasteiger partial charge >= 0.3 is 0 Å².